The number of aryl methyl sites for hydroxylation is 1. The molecule has 1 aliphatic carbocycles. The monoisotopic (exact) mass is 1050 g/mol. The fourth-order valence-electron chi connectivity index (χ4n) is 13.4. The molecule has 1 amide bonds. The lowest BCUT2D eigenvalue weighted by molar-refractivity contribution is -0.384. The van der Waals surface area contributed by atoms with Crippen molar-refractivity contribution in [3.63, 3.8) is 0 Å². The molecule has 1 saturated carbocycles. The fraction of sp³-hybridized carbons (Fsp3) is 0.439. The molecule has 4 atom stereocenters. The minimum Gasteiger partial charge on any atom is -0.489 e. The van der Waals surface area contributed by atoms with E-state index in [2.05, 4.69) is 96.1 Å². The fourth-order valence-corrected chi connectivity index (χ4v) is 14.4. The number of para-hydroxylation sites is 1. The maximum absolute atomic E-state index is 14.9. The van der Waals surface area contributed by atoms with Gasteiger partial charge in [-0.15, -0.1) is 0 Å². The Morgan fingerprint density at radius 1 is 0.842 bits per heavy atom. The molecular formula is C57H63N9O9S. The van der Waals surface area contributed by atoms with Crippen LogP contribution in [0, 0.1) is 28.4 Å². The Balaban J connectivity index is 0.785. The molecule has 2 aromatic heterocycles. The van der Waals surface area contributed by atoms with Crippen LogP contribution in [0.5, 0.6) is 11.6 Å². The number of nitro benzene ring substituents is 1. The first-order valence-corrected chi connectivity index (χ1v) is 28.3. The number of nitrogens with zero attached hydrogens (tertiary/aromatic N) is 6. The Morgan fingerprint density at radius 2 is 1.63 bits per heavy atom. The number of benzene rings is 4. The first-order valence-electron chi connectivity index (χ1n) is 26.9. The van der Waals surface area contributed by atoms with Crippen molar-refractivity contribution in [1.82, 2.24) is 19.6 Å². The van der Waals surface area contributed by atoms with Crippen molar-refractivity contribution in [3.8, 4) is 11.6 Å². The standard InChI is InChI=1S/C57H63N9O9S/c1-36-7-5-6-10-43(36)50-33-63(39-8-3-2-4-9-39)22-23-64(50)41-31-57(32-41)17-20-62(21-18-57)40-11-12-44(47(28-40)65-46-16-26-73-35-52(46)75-56-49(65)27-38-13-19-58-54(38)60-56)55(67)61-76(70,71)42-29-48(66(68)69)53-51(30-42)74-34-45(59-53)37-14-24-72-25-15-37/h2-13,19,27-30,37,41,45-46,50,52,59H,14-18,20-26,31-35H2,1H3,(H,58,60)(H,61,67)/t45-,46-,50-,52-/m0/s1. The first-order chi connectivity index (χ1) is 37.0. The summed E-state index contributed by atoms with van der Waals surface area (Å²) >= 11 is 0. The van der Waals surface area contributed by atoms with Crippen LogP contribution in [0.25, 0.3) is 11.0 Å². The molecule has 7 aliphatic rings. The molecule has 76 heavy (non-hydrogen) atoms. The third kappa shape index (κ3) is 8.93. The van der Waals surface area contributed by atoms with Gasteiger partial charge in [0.25, 0.3) is 21.6 Å². The van der Waals surface area contributed by atoms with Gasteiger partial charge in [-0.2, -0.15) is 4.98 Å². The second-order valence-corrected chi connectivity index (χ2v) is 23.5. The maximum atomic E-state index is 14.9. The quantitative estimate of drug-likeness (QED) is 0.0872. The van der Waals surface area contributed by atoms with Crippen LogP contribution in [0.4, 0.5) is 34.1 Å². The molecule has 8 heterocycles. The van der Waals surface area contributed by atoms with Crippen LogP contribution in [0.2, 0.25) is 0 Å². The molecule has 19 heteroatoms. The predicted molar refractivity (Wildman–Crippen MR) is 289 cm³/mol. The maximum Gasteiger partial charge on any atom is 0.297 e. The van der Waals surface area contributed by atoms with Crippen molar-refractivity contribution in [3.05, 3.63) is 130 Å². The SMILES string of the molecule is Cc1ccccc1[C@@H]1CN(c2ccccc2)CCN1C1CC2(CCN(c3ccc(C(=O)NS(=O)(=O)c4cc5c(c([N+](=O)[O-])c4)N[C@H](C4CCOCC4)CO5)c(N4c5cc6cc[nH]c6nc5O[C@H]5COCC[C@@H]54)c3)CC2)C1. The van der Waals surface area contributed by atoms with Gasteiger partial charge in [0.05, 0.1) is 45.8 Å². The minimum absolute atomic E-state index is 0.0308. The number of hydrogen-bond donors (Lipinski definition) is 3. The normalized spacial score (nSPS) is 23.8. The highest BCUT2D eigenvalue weighted by atomic mass is 32.2. The summed E-state index contributed by atoms with van der Waals surface area (Å²) in [6, 6.07) is 31.7. The molecule has 6 aliphatic heterocycles. The largest absolute Gasteiger partial charge is 0.489 e. The number of nitrogens with one attached hydrogen (secondary N) is 3. The molecule has 6 aromatic rings. The Morgan fingerprint density at radius 3 is 2.43 bits per heavy atom. The van der Waals surface area contributed by atoms with E-state index in [1.54, 1.807) is 6.07 Å². The highest BCUT2D eigenvalue weighted by Gasteiger charge is 2.50. The number of amides is 1. The van der Waals surface area contributed by atoms with Gasteiger partial charge in [0.15, 0.2) is 11.4 Å². The highest BCUT2D eigenvalue weighted by Crippen LogP contribution is 2.54. The number of hydrogen-bond acceptors (Lipinski definition) is 15. The van der Waals surface area contributed by atoms with Crippen molar-refractivity contribution in [2.45, 2.75) is 87.0 Å². The van der Waals surface area contributed by atoms with Gasteiger partial charge in [0.1, 0.15) is 24.0 Å². The Labute approximate surface area is 441 Å². The van der Waals surface area contributed by atoms with Gasteiger partial charge in [0, 0.05) is 93.7 Å². The lowest BCUT2D eigenvalue weighted by atomic mass is 9.59. The summed E-state index contributed by atoms with van der Waals surface area (Å²) in [6.07, 6.45) is 7.84. The molecule has 4 aromatic carbocycles. The third-order valence-electron chi connectivity index (χ3n) is 17.5. The van der Waals surface area contributed by atoms with Crippen molar-refractivity contribution < 1.29 is 37.1 Å². The molecule has 0 bridgehead atoms. The van der Waals surface area contributed by atoms with Crippen LogP contribution in [0.1, 0.15) is 72.5 Å². The summed E-state index contributed by atoms with van der Waals surface area (Å²) in [5.41, 5.74) is 6.69. The van der Waals surface area contributed by atoms with Crippen LogP contribution in [0.15, 0.2) is 108 Å². The molecule has 396 valence electrons. The van der Waals surface area contributed by atoms with Gasteiger partial charge in [-0.25, -0.2) is 13.1 Å². The molecule has 0 radical (unpaired) electrons. The topological polar surface area (TPSA) is 197 Å². The van der Waals surface area contributed by atoms with Crippen molar-refractivity contribution in [2.24, 2.45) is 11.3 Å². The zero-order chi connectivity index (χ0) is 51.7. The number of aromatic amines is 1. The van der Waals surface area contributed by atoms with E-state index < -0.39 is 37.5 Å². The molecule has 0 unspecified atom stereocenters. The number of ether oxygens (including phenoxy) is 4. The molecule has 4 saturated heterocycles. The molecular weight excluding hydrogens is 987 g/mol. The van der Waals surface area contributed by atoms with Crippen molar-refractivity contribution >= 4 is 61.1 Å². The molecule has 3 N–H and O–H groups in total. The average Bonchev–Trinajstić information content (AvgIpc) is 3.97. The number of pyridine rings is 1. The summed E-state index contributed by atoms with van der Waals surface area (Å²) in [4.78, 5) is 44.2. The number of anilines is 5. The van der Waals surface area contributed by atoms with Gasteiger partial charge >= 0.3 is 0 Å². The zero-order valence-electron chi connectivity index (χ0n) is 42.6. The summed E-state index contributed by atoms with van der Waals surface area (Å²) in [5.74, 6) is -0.323. The minimum atomic E-state index is -4.70. The molecule has 13 rings (SSSR count). The van der Waals surface area contributed by atoms with Crippen LogP contribution in [-0.2, 0) is 19.5 Å². The number of carbonyl (C=O) groups excluding carboxylic acids is 1. The average molecular weight is 1050 g/mol. The molecule has 18 nitrogen and oxygen atoms in total. The lowest BCUT2D eigenvalue weighted by Gasteiger charge is -2.58. The number of piperazine rings is 1. The van der Waals surface area contributed by atoms with Crippen LogP contribution >= 0.6 is 0 Å². The van der Waals surface area contributed by atoms with Crippen molar-refractivity contribution in [2.75, 3.05) is 85.8 Å². The van der Waals surface area contributed by atoms with E-state index in [9.17, 15) is 23.3 Å². The number of H-pyrrole nitrogens is 1. The number of nitro groups is 1. The summed E-state index contributed by atoms with van der Waals surface area (Å²) in [5, 5.41) is 16.7. The van der Waals surface area contributed by atoms with Crippen LogP contribution in [-0.4, -0.2) is 124 Å². The Bertz CT molecular complexity index is 3300. The first kappa shape index (κ1) is 48.7. The van der Waals surface area contributed by atoms with E-state index >= 15 is 0 Å². The smallest absolute Gasteiger partial charge is 0.297 e. The van der Waals surface area contributed by atoms with E-state index in [0.29, 0.717) is 67.8 Å². The number of carbonyl (C=O) groups is 1. The van der Waals surface area contributed by atoms with E-state index in [4.69, 9.17) is 23.9 Å². The third-order valence-corrected chi connectivity index (χ3v) is 18.9. The van der Waals surface area contributed by atoms with E-state index in [1.165, 1.54) is 22.9 Å². The number of sulfonamides is 1. The second-order valence-electron chi connectivity index (χ2n) is 21.8. The number of rotatable bonds is 10. The number of aromatic nitrogens is 2. The van der Waals surface area contributed by atoms with Gasteiger partial charge in [-0.1, -0.05) is 42.5 Å². The molecule has 5 fully saturated rings. The Kier molecular flexibility index (Phi) is 12.5. The van der Waals surface area contributed by atoms with Crippen molar-refractivity contribution in [1.29, 1.82) is 0 Å². The predicted octanol–water partition coefficient (Wildman–Crippen LogP) is 8.50. The van der Waals surface area contributed by atoms with Gasteiger partial charge < -0.3 is 43.9 Å². The van der Waals surface area contributed by atoms with Crippen LogP contribution < -0.4 is 34.2 Å². The highest BCUT2D eigenvalue weighted by molar-refractivity contribution is 7.90. The lowest BCUT2D eigenvalue weighted by Crippen LogP contribution is -2.60. The van der Waals surface area contributed by atoms with Gasteiger partial charge in [-0.3, -0.25) is 19.8 Å². The van der Waals surface area contributed by atoms with E-state index in [-0.39, 0.29) is 47.0 Å². The van der Waals surface area contributed by atoms with Crippen LogP contribution in [0.3, 0.4) is 0 Å². The summed E-state index contributed by atoms with van der Waals surface area (Å²) < 4.78 is 55.2. The van der Waals surface area contributed by atoms with E-state index in [1.807, 2.05) is 30.5 Å². The van der Waals surface area contributed by atoms with Gasteiger partial charge in [0.2, 0.25) is 5.88 Å². The summed E-state index contributed by atoms with van der Waals surface area (Å²) in [7, 11) is -4.70. The van der Waals surface area contributed by atoms with Gasteiger partial charge in [-0.05, 0) is 117 Å². The van der Waals surface area contributed by atoms with E-state index in [0.717, 1.165) is 88.4 Å². The number of piperidine rings is 1. The summed E-state index contributed by atoms with van der Waals surface area (Å²) in [6.45, 7) is 8.95. The second kappa shape index (κ2) is 19.6. The zero-order valence-corrected chi connectivity index (χ0v) is 43.4. The number of fused-ring (bicyclic) bond motifs is 4. The molecule has 1 spiro atoms. The Hall–Kier alpha value is -6.93.